The van der Waals surface area contributed by atoms with Gasteiger partial charge in [0, 0.05) is 33.0 Å². The molecular formula is H3BNi2O3. The van der Waals surface area contributed by atoms with E-state index in [4.69, 9.17) is 15.1 Å². The maximum absolute atomic E-state index is 7.17. The minimum atomic E-state index is -2.17. The zero-order valence-electron chi connectivity index (χ0n) is 2.55. The zero-order valence-corrected chi connectivity index (χ0v) is 4.53. The Morgan fingerprint density at radius 2 is 0.833 bits per heavy atom. The van der Waals surface area contributed by atoms with Crippen LogP contribution >= 0.6 is 0 Å². The van der Waals surface area contributed by atoms with E-state index in [0.717, 1.165) is 0 Å². The van der Waals surface area contributed by atoms with E-state index in [0.29, 0.717) is 0 Å². The molecule has 0 rings (SSSR count). The van der Waals surface area contributed by atoms with Gasteiger partial charge in [-0.3, -0.25) is 0 Å². The summed E-state index contributed by atoms with van der Waals surface area (Å²) in [7, 11) is -2.17. The van der Waals surface area contributed by atoms with Crippen molar-refractivity contribution in [1.29, 1.82) is 0 Å². The molecule has 6 heteroatoms. The maximum Gasteiger partial charge on any atom is 0.631 e. The number of hydrogen-bond acceptors (Lipinski definition) is 3. The topological polar surface area (TPSA) is 60.7 Å². The van der Waals surface area contributed by atoms with Gasteiger partial charge in [-0.1, -0.05) is 0 Å². The molecule has 0 bridgehead atoms. The molecule has 0 fully saturated rings. The van der Waals surface area contributed by atoms with Crippen LogP contribution in [0.5, 0.6) is 0 Å². The molecule has 0 radical (unpaired) electrons. The van der Waals surface area contributed by atoms with E-state index in [1.54, 1.807) is 0 Å². The molecule has 0 saturated heterocycles. The first-order valence-corrected chi connectivity index (χ1v) is 0.775. The van der Waals surface area contributed by atoms with Crippen LogP contribution in [0.3, 0.4) is 0 Å². The first kappa shape index (κ1) is 15.8. The third-order valence-corrected chi connectivity index (χ3v) is 0. The monoisotopic (exact) mass is 178 g/mol. The van der Waals surface area contributed by atoms with Crippen LogP contribution in [0.25, 0.3) is 0 Å². The van der Waals surface area contributed by atoms with Crippen LogP contribution < -0.4 is 0 Å². The molecule has 0 atom stereocenters. The van der Waals surface area contributed by atoms with Gasteiger partial charge in [0.1, 0.15) is 0 Å². The van der Waals surface area contributed by atoms with Gasteiger partial charge in [0.2, 0.25) is 0 Å². The van der Waals surface area contributed by atoms with Gasteiger partial charge >= 0.3 is 7.32 Å². The molecule has 0 saturated carbocycles. The molecule has 0 spiro atoms. The maximum atomic E-state index is 7.17. The van der Waals surface area contributed by atoms with Gasteiger partial charge in [-0.25, -0.2) is 0 Å². The molecule has 3 nitrogen and oxygen atoms in total. The summed E-state index contributed by atoms with van der Waals surface area (Å²) in [6, 6.07) is 0. The first-order valence-electron chi connectivity index (χ1n) is 0.775. The van der Waals surface area contributed by atoms with Gasteiger partial charge in [-0.2, -0.15) is 0 Å². The summed E-state index contributed by atoms with van der Waals surface area (Å²) in [6.45, 7) is 0. The summed E-state index contributed by atoms with van der Waals surface area (Å²) in [5, 5.41) is 21.5. The molecule has 0 aliphatic carbocycles. The van der Waals surface area contributed by atoms with Crippen molar-refractivity contribution in [3.8, 4) is 0 Å². The number of rotatable bonds is 0. The standard InChI is InChI=1S/BH3O3.2Ni/c2-1(3)4;;/h2-4H;;. The van der Waals surface area contributed by atoms with Crippen molar-refractivity contribution in [2.24, 2.45) is 0 Å². The van der Waals surface area contributed by atoms with Crippen LogP contribution in [0.1, 0.15) is 0 Å². The quantitative estimate of drug-likeness (QED) is 0.375. The summed E-state index contributed by atoms with van der Waals surface area (Å²) < 4.78 is 0. The normalized spacial score (nSPS) is 4.50. The third-order valence-electron chi connectivity index (χ3n) is 0. The Morgan fingerprint density at radius 3 is 0.833 bits per heavy atom. The first-order chi connectivity index (χ1) is 1.73. The van der Waals surface area contributed by atoms with Gasteiger partial charge in [0.05, 0.1) is 0 Å². The largest absolute Gasteiger partial charge is 0.631 e. The smallest absolute Gasteiger partial charge is 0.402 e. The average molecular weight is 179 g/mol. The van der Waals surface area contributed by atoms with E-state index >= 15 is 0 Å². The van der Waals surface area contributed by atoms with Crippen molar-refractivity contribution in [3.63, 3.8) is 0 Å². The predicted molar refractivity (Wildman–Crippen MR) is 12.4 cm³/mol. The molecule has 0 aromatic rings. The average Bonchev–Trinajstić information content (AvgIpc) is 0.811. The van der Waals surface area contributed by atoms with Gasteiger partial charge in [0.15, 0.2) is 0 Å². The van der Waals surface area contributed by atoms with Gasteiger partial charge in [0.25, 0.3) is 0 Å². The minimum Gasteiger partial charge on any atom is -0.402 e. The van der Waals surface area contributed by atoms with Crippen LogP contribution in [0.2, 0.25) is 0 Å². The fourth-order valence-electron chi connectivity index (χ4n) is 0. The summed E-state index contributed by atoms with van der Waals surface area (Å²) in [5.41, 5.74) is 0. The molecule has 0 aliphatic rings. The second-order valence-corrected chi connectivity index (χ2v) is 0.346. The Hall–Kier alpha value is 0.932. The summed E-state index contributed by atoms with van der Waals surface area (Å²) >= 11 is 0. The van der Waals surface area contributed by atoms with Gasteiger partial charge < -0.3 is 15.1 Å². The molecule has 0 aromatic carbocycles. The van der Waals surface area contributed by atoms with Crippen LogP contribution in [-0.2, 0) is 33.0 Å². The van der Waals surface area contributed by atoms with Crippen LogP contribution in [0, 0.1) is 0 Å². The van der Waals surface area contributed by atoms with E-state index in [1.807, 2.05) is 0 Å². The molecular weight excluding hydrogens is 176 g/mol. The fraction of sp³-hybridized carbons (Fsp3) is 0. The molecule has 44 valence electrons. The molecule has 0 aromatic heterocycles. The van der Waals surface area contributed by atoms with Crippen LogP contribution in [-0.4, -0.2) is 22.4 Å². The van der Waals surface area contributed by atoms with E-state index in [2.05, 4.69) is 0 Å². The van der Waals surface area contributed by atoms with E-state index in [9.17, 15) is 0 Å². The van der Waals surface area contributed by atoms with E-state index in [1.165, 1.54) is 0 Å². The van der Waals surface area contributed by atoms with E-state index in [-0.39, 0.29) is 33.0 Å². The zero-order chi connectivity index (χ0) is 3.58. The Labute approximate surface area is 55.8 Å². The Morgan fingerprint density at radius 1 is 0.833 bits per heavy atom. The van der Waals surface area contributed by atoms with Crippen LogP contribution in [0.15, 0.2) is 0 Å². The van der Waals surface area contributed by atoms with Gasteiger partial charge in [-0.15, -0.1) is 0 Å². The molecule has 6 heavy (non-hydrogen) atoms. The molecule has 0 heterocycles. The SMILES string of the molecule is OB(O)O.[Ni].[Ni]. The second kappa shape index (κ2) is 9.33. The third kappa shape index (κ3) is 87.8. The van der Waals surface area contributed by atoms with Crippen molar-refractivity contribution in [2.75, 3.05) is 0 Å². The summed E-state index contributed by atoms with van der Waals surface area (Å²) in [5.74, 6) is 0. The molecule has 0 aliphatic heterocycles. The number of hydrogen-bond donors (Lipinski definition) is 3. The van der Waals surface area contributed by atoms with Crippen LogP contribution in [0.4, 0.5) is 0 Å². The van der Waals surface area contributed by atoms with E-state index < -0.39 is 7.32 Å². The van der Waals surface area contributed by atoms with Gasteiger partial charge in [-0.05, 0) is 0 Å². The summed E-state index contributed by atoms with van der Waals surface area (Å²) in [6.07, 6.45) is 0. The minimum absolute atomic E-state index is 0. The van der Waals surface area contributed by atoms with Crippen molar-refractivity contribution >= 4 is 7.32 Å². The summed E-state index contributed by atoms with van der Waals surface area (Å²) in [4.78, 5) is 0. The molecule has 0 unspecified atom stereocenters. The molecule has 3 N–H and O–H groups in total. The van der Waals surface area contributed by atoms with Crippen molar-refractivity contribution in [2.45, 2.75) is 0 Å². The predicted octanol–water partition coefficient (Wildman–Crippen LogP) is -2.06. The Bertz CT molecular complexity index is 13.5. The van der Waals surface area contributed by atoms with Crippen molar-refractivity contribution in [1.82, 2.24) is 0 Å². The van der Waals surface area contributed by atoms with Crippen molar-refractivity contribution < 1.29 is 48.1 Å². The Kier molecular flexibility index (Phi) is 24.5. The fourth-order valence-corrected chi connectivity index (χ4v) is 0. The molecule has 0 amide bonds. The Balaban J connectivity index is -0.0000000450. The second-order valence-electron chi connectivity index (χ2n) is 0.346. The van der Waals surface area contributed by atoms with Crippen molar-refractivity contribution in [3.05, 3.63) is 0 Å².